The number of hydrogen-bond donors (Lipinski definition) is 1. The summed E-state index contributed by atoms with van der Waals surface area (Å²) in [6.45, 7) is 0. The number of hydrogen-bond acceptors (Lipinski definition) is 4. The third-order valence-corrected chi connectivity index (χ3v) is 3.72. The van der Waals surface area contributed by atoms with Gasteiger partial charge in [-0.25, -0.2) is 9.67 Å². The van der Waals surface area contributed by atoms with Gasteiger partial charge in [-0.15, -0.1) is 0 Å². The lowest BCUT2D eigenvalue weighted by Gasteiger charge is -2.11. The lowest BCUT2D eigenvalue weighted by Crippen LogP contribution is -2.23. The molecule has 0 fully saturated rings. The minimum absolute atomic E-state index is 0.267. The second-order valence-electron chi connectivity index (χ2n) is 5.32. The first-order valence-corrected chi connectivity index (χ1v) is 7.60. The van der Waals surface area contributed by atoms with E-state index in [0.717, 1.165) is 0 Å². The second-order valence-corrected chi connectivity index (χ2v) is 5.32. The first kappa shape index (κ1) is 14.8. The van der Waals surface area contributed by atoms with Crippen LogP contribution < -0.4 is 10.9 Å². The van der Waals surface area contributed by atoms with Crippen molar-refractivity contribution in [3.05, 3.63) is 89.2 Å². The molecule has 1 N–H and O–H groups in total. The summed E-state index contributed by atoms with van der Waals surface area (Å²) >= 11 is 0. The molecule has 25 heavy (non-hydrogen) atoms. The van der Waals surface area contributed by atoms with Crippen molar-refractivity contribution in [1.82, 2.24) is 19.2 Å². The fraction of sp³-hybridized carbons (Fsp3) is 0. The Bertz CT molecular complexity index is 1100. The van der Waals surface area contributed by atoms with Crippen molar-refractivity contribution in [1.29, 1.82) is 0 Å². The fourth-order valence-electron chi connectivity index (χ4n) is 2.62. The number of nitrogens with zero attached hydrogens (tertiary/aromatic N) is 4. The van der Waals surface area contributed by atoms with Crippen LogP contribution in [-0.4, -0.2) is 25.1 Å². The molecule has 7 nitrogen and oxygen atoms in total. The number of rotatable bonds is 3. The fourth-order valence-corrected chi connectivity index (χ4v) is 2.62. The van der Waals surface area contributed by atoms with E-state index < -0.39 is 0 Å². The van der Waals surface area contributed by atoms with Crippen LogP contribution in [0, 0.1) is 0 Å². The Hall–Kier alpha value is -3.74. The molecule has 1 aromatic carbocycles. The molecule has 4 aromatic rings. The first-order valence-electron chi connectivity index (χ1n) is 7.60. The van der Waals surface area contributed by atoms with E-state index in [2.05, 4.69) is 15.3 Å². The van der Waals surface area contributed by atoms with Crippen molar-refractivity contribution in [3.8, 4) is 5.69 Å². The third kappa shape index (κ3) is 2.67. The summed E-state index contributed by atoms with van der Waals surface area (Å²) in [5.41, 5.74) is 1.74. The van der Waals surface area contributed by atoms with Gasteiger partial charge in [-0.05, 0) is 24.3 Å². The monoisotopic (exact) mass is 331 g/mol. The van der Waals surface area contributed by atoms with Crippen LogP contribution in [0.4, 0.5) is 5.69 Å². The molecule has 0 saturated carbocycles. The van der Waals surface area contributed by atoms with Crippen molar-refractivity contribution in [3.63, 3.8) is 0 Å². The maximum Gasteiger partial charge on any atom is 0.274 e. The summed E-state index contributed by atoms with van der Waals surface area (Å²) < 4.78 is 2.93. The van der Waals surface area contributed by atoms with Crippen LogP contribution in [0.15, 0.2) is 78.0 Å². The van der Waals surface area contributed by atoms with Crippen molar-refractivity contribution in [2.45, 2.75) is 0 Å². The molecular formula is C18H13N5O2. The number of pyridine rings is 1. The van der Waals surface area contributed by atoms with Gasteiger partial charge in [0, 0.05) is 36.4 Å². The van der Waals surface area contributed by atoms with E-state index in [1.54, 1.807) is 35.3 Å². The van der Waals surface area contributed by atoms with Gasteiger partial charge in [0.2, 0.25) is 0 Å². The average Bonchev–Trinajstić information content (AvgIpc) is 3.04. The molecule has 0 saturated heterocycles. The maximum absolute atomic E-state index is 12.8. The number of benzene rings is 1. The van der Waals surface area contributed by atoms with Crippen LogP contribution in [-0.2, 0) is 0 Å². The van der Waals surface area contributed by atoms with Gasteiger partial charge in [-0.2, -0.15) is 4.52 Å². The average molecular weight is 331 g/mol. The zero-order chi connectivity index (χ0) is 17.2. The Labute approximate surface area is 142 Å². The molecule has 0 unspecified atom stereocenters. The maximum atomic E-state index is 12.8. The minimum atomic E-state index is -0.347. The summed E-state index contributed by atoms with van der Waals surface area (Å²) in [7, 11) is 0. The molecule has 4 rings (SSSR count). The van der Waals surface area contributed by atoms with E-state index in [1.165, 1.54) is 16.8 Å². The molecule has 0 aliphatic carbocycles. The molecule has 0 spiro atoms. The molecular weight excluding hydrogens is 318 g/mol. The van der Waals surface area contributed by atoms with E-state index in [1.807, 2.05) is 30.3 Å². The van der Waals surface area contributed by atoms with Gasteiger partial charge in [0.15, 0.2) is 5.65 Å². The number of fused-ring (bicyclic) bond motifs is 1. The highest BCUT2D eigenvalue weighted by molar-refractivity contribution is 6.04. The molecule has 0 aliphatic rings. The van der Waals surface area contributed by atoms with E-state index in [9.17, 15) is 9.59 Å². The van der Waals surface area contributed by atoms with Crippen molar-refractivity contribution in [2.24, 2.45) is 0 Å². The van der Waals surface area contributed by atoms with Gasteiger partial charge in [0.25, 0.3) is 11.5 Å². The predicted molar refractivity (Wildman–Crippen MR) is 93.0 cm³/mol. The van der Waals surface area contributed by atoms with Crippen LogP contribution >= 0.6 is 0 Å². The van der Waals surface area contributed by atoms with Gasteiger partial charge in [-0.1, -0.05) is 18.2 Å². The van der Waals surface area contributed by atoms with E-state index in [4.69, 9.17) is 0 Å². The smallest absolute Gasteiger partial charge is 0.274 e. The highest BCUT2D eigenvalue weighted by atomic mass is 16.2. The topological polar surface area (TPSA) is 81.3 Å². The number of amides is 1. The highest BCUT2D eigenvalue weighted by Gasteiger charge is 2.18. The van der Waals surface area contributed by atoms with Crippen molar-refractivity contribution >= 4 is 17.2 Å². The Morgan fingerprint density at radius 1 is 0.960 bits per heavy atom. The molecule has 1 amide bonds. The van der Waals surface area contributed by atoms with Crippen LogP contribution in [0.5, 0.6) is 0 Å². The normalized spacial score (nSPS) is 10.7. The largest absolute Gasteiger partial charge is 0.321 e. The molecule has 0 aliphatic heterocycles. The van der Waals surface area contributed by atoms with Gasteiger partial charge < -0.3 is 5.32 Å². The van der Waals surface area contributed by atoms with Gasteiger partial charge >= 0.3 is 0 Å². The molecule has 0 atom stereocenters. The van der Waals surface area contributed by atoms with E-state index in [-0.39, 0.29) is 11.5 Å². The summed E-state index contributed by atoms with van der Waals surface area (Å²) in [6, 6.07) is 15.5. The third-order valence-electron chi connectivity index (χ3n) is 3.72. The predicted octanol–water partition coefficient (Wildman–Crippen LogP) is 2.13. The van der Waals surface area contributed by atoms with E-state index >= 15 is 0 Å². The lowest BCUT2D eigenvalue weighted by molar-refractivity contribution is 0.101. The number of para-hydroxylation sites is 1. The number of carbonyl (C=O) groups excluding carboxylic acids is 1. The standard InChI is InChI=1S/C18H13N5O2/c24-17-8-11-20-16-12-15(18(25)21-13-6-9-19-10-7-13)22(23(16)17)14-4-2-1-3-5-14/h1-12H,(H,19,21,25). The number of aromatic nitrogens is 4. The Kier molecular flexibility index (Phi) is 3.59. The molecule has 122 valence electrons. The summed E-state index contributed by atoms with van der Waals surface area (Å²) in [4.78, 5) is 33.2. The van der Waals surface area contributed by atoms with Crippen LogP contribution in [0.25, 0.3) is 11.3 Å². The van der Waals surface area contributed by atoms with Crippen LogP contribution in [0.1, 0.15) is 10.5 Å². The quantitative estimate of drug-likeness (QED) is 0.623. The zero-order valence-corrected chi connectivity index (χ0v) is 13.0. The number of carbonyl (C=O) groups is 1. The second kappa shape index (κ2) is 6.04. The van der Waals surface area contributed by atoms with Crippen LogP contribution in [0.2, 0.25) is 0 Å². The zero-order valence-electron chi connectivity index (χ0n) is 13.0. The van der Waals surface area contributed by atoms with E-state index in [0.29, 0.717) is 22.7 Å². The van der Waals surface area contributed by atoms with Gasteiger partial charge in [-0.3, -0.25) is 14.6 Å². The van der Waals surface area contributed by atoms with Gasteiger partial charge in [0.05, 0.1) is 5.69 Å². The lowest BCUT2D eigenvalue weighted by atomic mass is 10.3. The summed E-state index contributed by atoms with van der Waals surface area (Å²) in [5.74, 6) is -0.347. The molecule has 7 heteroatoms. The van der Waals surface area contributed by atoms with Crippen molar-refractivity contribution in [2.75, 3.05) is 5.32 Å². The first-order chi connectivity index (χ1) is 12.2. The molecule has 0 bridgehead atoms. The number of anilines is 1. The highest BCUT2D eigenvalue weighted by Crippen LogP contribution is 2.16. The summed E-state index contributed by atoms with van der Waals surface area (Å²) in [5, 5.41) is 2.81. The minimum Gasteiger partial charge on any atom is -0.321 e. The molecule has 0 radical (unpaired) electrons. The number of nitrogens with one attached hydrogen (secondary N) is 1. The SMILES string of the molecule is O=C(Nc1ccncc1)c1cc2nccc(=O)n2n1-c1ccccc1. The Morgan fingerprint density at radius 2 is 1.72 bits per heavy atom. The molecule has 3 heterocycles. The van der Waals surface area contributed by atoms with Crippen LogP contribution in [0.3, 0.4) is 0 Å². The summed E-state index contributed by atoms with van der Waals surface area (Å²) in [6.07, 6.45) is 4.61. The molecule has 3 aromatic heterocycles. The van der Waals surface area contributed by atoms with Gasteiger partial charge in [0.1, 0.15) is 5.69 Å². The van der Waals surface area contributed by atoms with Crippen molar-refractivity contribution < 1.29 is 4.79 Å². The Morgan fingerprint density at radius 3 is 2.48 bits per heavy atom. The Balaban J connectivity index is 1.90.